The fourth-order valence-electron chi connectivity index (χ4n) is 2.31. The number of aromatic nitrogens is 1. The highest BCUT2D eigenvalue weighted by Crippen LogP contribution is 2.32. The molecular formula is C15H14N2OS. The van der Waals surface area contributed by atoms with Gasteiger partial charge in [-0.15, -0.1) is 11.3 Å². The van der Waals surface area contributed by atoms with Crippen molar-refractivity contribution in [2.24, 2.45) is 5.92 Å². The third kappa shape index (κ3) is 2.47. The normalized spacial score (nSPS) is 18.9. The van der Waals surface area contributed by atoms with Crippen molar-refractivity contribution in [3.63, 3.8) is 0 Å². The summed E-state index contributed by atoms with van der Waals surface area (Å²) in [4.78, 5) is 5.96. The number of hydrogen-bond donors (Lipinski definition) is 0. The molecule has 4 heteroatoms. The molecule has 0 fully saturated rings. The Morgan fingerprint density at radius 2 is 2.53 bits per heavy atom. The second-order valence-electron chi connectivity index (χ2n) is 4.92. The summed E-state index contributed by atoms with van der Waals surface area (Å²) in [5.41, 5.74) is 1.76. The standard InChI is InChI=1S/C15H14N2OS/c1-10-4-5-13-14(7-10)19-15(17-13)11(9-16)8-12-3-2-6-18-12/h2-3,6,8,10H,4-5,7H2,1H3. The Morgan fingerprint density at radius 1 is 1.63 bits per heavy atom. The molecule has 0 radical (unpaired) electrons. The first-order valence-electron chi connectivity index (χ1n) is 6.40. The number of thiazole rings is 1. The minimum atomic E-state index is 0.585. The zero-order valence-electron chi connectivity index (χ0n) is 10.7. The summed E-state index contributed by atoms with van der Waals surface area (Å²) in [6, 6.07) is 5.88. The van der Waals surface area contributed by atoms with Crippen LogP contribution in [0.2, 0.25) is 0 Å². The molecule has 1 atom stereocenters. The lowest BCUT2D eigenvalue weighted by atomic mass is 9.93. The zero-order valence-corrected chi connectivity index (χ0v) is 11.5. The van der Waals surface area contributed by atoms with Crippen molar-refractivity contribution in [3.05, 3.63) is 39.7 Å². The fraction of sp³-hybridized carbons (Fsp3) is 0.333. The van der Waals surface area contributed by atoms with Crippen LogP contribution in [0, 0.1) is 17.2 Å². The number of nitrogens with zero attached hydrogens (tertiary/aromatic N) is 2. The molecule has 0 saturated heterocycles. The summed E-state index contributed by atoms with van der Waals surface area (Å²) >= 11 is 1.65. The maximum atomic E-state index is 9.30. The maximum Gasteiger partial charge on any atom is 0.134 e. The Bertz CT molecular complexity index is 646. The molecular weight excluding hydrogens is 256 g/mol. The van der Waals surface area contributed by atoms with Gasteiger partial charge < -0.3 is 4.42 Å². The van der Waals surface area contributed by atoms with Gasteiger partial charge in [-0.05, 0) is 37.3 Å². The molecule has 0 spiro atoms. The zero-order chi connectivity index (χ0) is 13.2. The molecule has 1 aliphatic rings. The van der Waals surface area contributed by atoms with Gasteiger partial charge in [-0.3, -0.25) is 0 Å². The van der Waals surface area contributed by atoms with Gasteiger partial charge in [0.25, 0.3) is 0 Å². The second-order valence-corrected chi connectivity index (χ2v) is 6.01. The lowest BCUT2D eigenvalue weighted by Crippen LogP contribution is -2.09. The van der Waals surface area contributed by atoms with Crippen molar-refractivity contribution in [1.29, 1.82) is 5.26 Å². The summed E-state index contributed by atoms with van der Waals surface area (Å²) in [6.07, 6.45) is 6.68. The van der Waals surface area contributed by atoms with Crippen molar-refractivity contribution in [2.45, 2.75) is 26.2 Å². The monoisotopic (exact) mass is 270 g/mol. The summed E-state index contributed by atoms with van der Waals surface area (Å²) in [7, 11) is 0. The first kappa shape index (κ1) is 12.2. The Labute approximate surface area is 116 Å². The number of aryl methyl sites for hydroxylation is 1. The largest absolute Gasteiger partial charge is 0.465 e. The summed E-state index contributed by atoms with van der Waals surface area (Å²) in [5.74, 6) is 1.42. The Kier molecular flexibility index (Phi) is 3.22. The Hall–Kier alpha value is -1.86. The molecule has 2 aromatic rings. The molecule has 0 N–H and O–H groups in total. The van der Waals surface area contributed by atoms with E-state index in [1.54, 1.807) is 23.7 Å². The van der Waals surface area contributed by atoms with E-state index in [1.165, 1.54) is 17.0 Å². The van der Waals surface area contributed by atoms with E-state index in [2.05, 4.69) is 18.0 Å². The molecule has 0 amide bonds. The number of allylic oxidation sites excluding steroid dienone is 1. The maximum absolute atomic E-state index is 9.30. The smallest absolute Gasteiger partial charge is 0.134 e. The Balaban J connectivity index is 1.95. The van der Waals surface area contributed by atoms with Crippen LogP contribution in [0.1, 0.15) is 34.7 Å². The molecule has 96 valence electrons. The van der Waals surface area contributed by atoms with Gasteiger partial charge in [-0.2, -0.15) is 5.26 Å². The number of fused-ring (bicyclic) bond motifs is 1. The van der Waals surface area contributed by atoms with Gasteiger partial charge >= 0.3 is 0 Å². The summed E-state index contributed by atoms with van der Waals surface area (Å²) in [6.45, 7) is 2.27. The number of rotatable bonds is 2. The van der Waals surface area contributed by atoms with Gasteiger partial charge in [0.15, 0.2) is 0 Å². The van der Waals surface area contributed by atoms with Crippen LogP contribution in [0.15, 0.2) is 22.8 Å². The van der Waals surface area contributed by atoms with E-state index in [-0.39, 0.29) is 0 Å². The van der Waals surface area contributed by atoms with E-state index in [0.717, 1.165) is 23.8 Å². The van der Waals surface area contributed by atoms with Crippen molar-refractivity contribution in [3.8, 4) is 6.07 Å². The molecule has 1 unspecified atom stereocenters. The molecule has 0 saturated carbocycles. The SMILES string of the molecule is CC1CCc2nc(C(C#N)=Cc3ccco3)sc2C1. The molecule has 19 heavy (non-hydrogen) atoms. The van der Waals surface area contributed by atoms with Gasteiger partial charge in [0.05, 0.1) is 17.5 Å². The van der Waals surface area contributed by atoms with Crippen molar-refractivity contribution >= 4 is 23.0 Å². The van der Waals surface area contributed by atoms with Crippen LogP contribution in [0.3, 0.4) is 0 Å². The van der Waals surface area contributed by atoms with Gasteiger partial charge in [0.2, 0.25) is 0 Å². The molecule has 3 nitrogen and oxygen atoms in total. The molecule has 3 rings (SSSR count). The average molecular weight is 270 g/mol. The highest BCUT2D eigenvalue weighted by molar-refractivity contribution is 7.13. The minimum Gasteiger partial charge on any atom is -0.465 e. The van der Waals surface area contributed by atoms with Crippen LogP contribution in [0.5, 0.6) is 0 Å². The van der Waals surface area contributed by atoms with Crippen molar-refractivity contribution < 1.29 is 4.42 Å². The van der Waals surface area contributed by atoms with E-state index < -0.39 is 0 Å². The van der Waals surface area contributed by atoms with E-state index >= 15 is 0 Å². The van der Waals surface area contributed by atoms with E-state index in [1.807, 2.05) is 12.1 Å². The molecule has 2 aromatic heterocycles. The topological polar surface area (TPSA) is 49.8 Å². The predicted molar refractivity (Wildman–Crippen MR) is 75.5 cm³/mol. The number of furan rings is 1. The van der Waals surface area contributed by atoms with Crippen LogP contribution < -0.4 is 0 Å². The molecule has 0 aliphatic heterocycles. The molecule has 0 aromatic carbocycles. The van der Waals surface area contributed by atoms with Crippen molar-refractivity contribution in [2.75, 3.05) is 0 Å². The highest BCUT2D eigenvalue weighted by atomic mass is 32.1. The third-order valence-electron chi connectivity index (χ3n) is 3.37. The van der Waals surface area contributed by atoms with Crippen LogP contribution in [-0.4, -0.2) is 4.98 Å². The average Bonchev–Trinajstić information content (AvgIpc) is 3.03. The summed E-state index contributed by atoms with van der Waals surface area (Å²) in [5, 5.41) is 10.1. The van der Waals surface area contributed by atoms with Crippen LogP contribution >= 0.6 is 11.3 Å². The lowest BCUT2D eigenvalue weighted by Gasteiger charge is -2.15. The fourth-order valence-corrected chi connectivity index (χ4v) is 3.55. The molecule has 1 aliphatic carbocycles. The van der Waals surface area contributed by atoms with Crippen molar-refractivity contribution in [1.82, 2.24) is 4.98 Å². The van der Waals surface area contributed by atoms with Crippen LogP contribution in [0.25, 0.3) is 11.6 Å². The van der Waals surface area contributed by atoms with Gasteiger partial charge in [0.1, 0.15) is 16.8 Å². The quantitative estimate of drug-likeness (QED) is 0.777. The van der Waals surface area contributed by atoms with Crippen LogP contribution in [-0.2, 0) is 12.8 Å². The van der Waals surface area contributed by atoms with Gasteiger partial charge in [-0.25, -0.2) is 4.98 Å². The highest BCUT2D eigenvalue weighted by Gasteiger charge is 2.21. The second kappa shape index (κ2) is 5.02. The number of nitriles is 1. The Morgan fingerprint density at radius 3 is 3.26 bits per heavy atom. The van der Waals surface area contributed by atoms with Gasteiger partial charge in [0, 0.05) is 11.0 Å². The number of hydrogen-bond acceptors (Lipinski definition) is 4. The lowest BCUT2D eigenvalue weighted by molar-refractivity contribution is 0.502. The third-order valence-corrected chi connectivity index (χ3v) is 4.52. The van der Waals surface area contributed by atoms with E-state index in [4.69, 9.17) is 4.42 Å². The van der Waals surface area contributed by atoms with E-state index in [9.17, 15) is 5.26 Å². The minimum absolute atomic E-state index is 0.585. The van der Waals surface area contributed by atoms with Gasteiger partial charge in [-0.1, -0.05) is 6.92 Å². The first-order valence-corrected chi connectivity index (χ1v) is 7.22. The van der Waals surface area contributed by atoms with Crippen LogP contribution in [0.4, 0.5) is 0 Å². The summed E-state index contributed by atoms with van der Waals surface area (Å²) < 4.78 is 5.26. The molecule has 0 bridgehead atoms. The van der Waals surface area contributed by atoms with E-state index in [0.29, 0.717) is 11.3 Å². The molecule has 2 heterocycles. The first-order chi connectivity index (χ1) is 9.26. The predicted octanol–water partition coefficient (Wildman–Crippen LogP) is 3.93.